The van der Waals surface area contributed by atoms with Crippen molar-refractivity contribution >= 4 is 17.0 Å². The second kappa shape index (κ2) is 5.51. The molecule has 0 aliphatic rings. The highest BCUT2D eigenvalue weighted by Crippen LogP contribution is 2.09. The first kappa shape index (κ1) is 11.7. The van der Waals surface area contributed by atoms with Crippen molar-refractivity contribution in [1.82, 2.24) is 15.0 Å². The van der Waals surface area contributed by atoms with Crippen molar-refractivity contribution in [3.05, 3.63) is 24.5 Å². The Morgan fingerprint density at radius 1 is 1.35 bits per heavy atom. The third-order valence-corrected chi connectivity index (χ3v) is 2.21. The van der Waals surface area contributed by atoms with Gasteiger partial charge >= 0.3 is 0 Å². The molecule has 1 unspecified atom stereocenters. The molecule has 2 N–H and O–H groups in total. The van der Waals surface area contributed by atoms with Crippen LogP contribution in [-0.2, 0) is 4.74 Å². The number of anilines is 1. The van der Waals surface area contributed by atoms with Crippen LogP contribution in [0.4, 0.5) is 5.82 Å². The molecular weight excluding hydrogens is 220 g/mol. The zero-order chi connectivity index (χ0) is 12.1. The van der Waals surface area contributed by atoms with E-state index in [0.717, 1.165) is 5.52 Å². The van der Waals surface area contributed by atoms with Gasteiger partial charge in [0.15, 0.2) is 5.65 Å². The van der Waals surface area contributed by atoms with Gasteiger partial charge in [0.05, 0.1) is 12.7 Å². The van der Waals surface area contributed by atoms with Crippen LogP contribution in [0.5, 0.6) is 0 Å². The van der Waals surface area contributed by atoms with E-state index >= 15 is 0 Å². The number of rotatable bonds is 5. The second-order valence-electron chi connectivity index (χ2n) is 3.59. The molecule has 0 aliphatic heterocycles. The van der Waals surface area contributed by atoms with Crippen LogP contribution in [0, 0.1) is 0 Å². The highest BCUT2D eigenvalue weighted by atomic mass is 16.5. The fraction of sp³-hybridized carbons (Fsp3) is 0.364. The number of hydrogen-bond donors (Lipinski definition) is 2. The summed E-state index contributed by atoms with van der Waals surface area (Å²) in [7, 11) is 1.55. The van der Waals surface area contributed by atoms with Crippen molar-refractivity contribution in [2.24, 2.45) is 0 Å². The molecule has 0 fully saturated rings. The Kier molecular flexibility index (Phi) is 3.79. The van der Waals surface area contributed by atoms with E-state index in [1.807, 2.05) is 6.07 Å². The largest absolute Gasteiger partial charge is 0.389 e. The van der Waals surface area contributed by atoms with E-state index in [2.05, 4.69) is 20.3 Å². The van der Waals surface area contributed by atoms with E-state index in [1.54, 1.807) is 25.6 Å². The number of aromatic nitrogens is 3. The summed E-state index contributed by atoms with van der Waals surface area (Å²) in [5.74, 6) is 0.660. The smallest absolute Gasteiger partial charge is 0.180 e. The maximum atomic E-state index is 9.48. The number of ether oxygens (including phenoxy) is 1. The fourth-order valence-corrected chi connectivity index (χ4v) is 1.43. The average molecular weight is 234 g/mol. The van der Waals surface area contributed by atoms with Gasteiger partial charge in [0.2, 0.25) is 0 Å². The van der Waals surface area contributed by atoms with Gasteiger partial charge in [-0.3, -0.25) is 4.98 Å². The lowest BCUT2D eigenvalue weighted by Gasteiger charge is -2.11. The summed E-state index contributed by atoms with van der Waals surface area (Å²) < 4.78 is 4.83. The highest BCUT2D eigenvalue weighted by Gasteiger charge is 2.04. The second-order valence-corrected chi connectivity index (χ2v) is 3.59. The van der Waals surface area contributed by atoms with E-state index in [-0.39, 0.29) is 0 Å². The highest BCUT2D eigenvalue weighted by molar-refractivity contribution is 5.71. The summed E-state index contributed by atoms with van der Waals surface area (Å²) in [4.78, 5) is 12.5. The predicted octanol–water partition coefficient (Wildman–Crippen LogP) is 0.444. The normalized spacial score (nSPS) is 12.6. The van der Waals surface area contributed by atoms with E-state index in [0.29, 0.717) is 24.6 Å². The third-order valence-electron chi connectivity index (χ3n) is 2.21. The molecule has 6 heteroatoms. The maximum absolute atomic E-state index is 9.48. The van der Waals surface area contributed by atoms with Gasteiger partial charge in [-0.05, 0) is 12.1 Å². The monoisotopic (exact) mass is 234 g/mol. The summed E-state index contributed by atoms with van der Waals surface area (Å²) in [6.07, 6.45) is 2.66. The molecule has 0 saturated carbocycles. The molecule has 6 nitrogen and oxygen atoms in total. The Labute approximate surface area is 98.7 Å². The van der Waals surface area contributed by atoms with Gasteiger partial charge in [0.25, 0.3) is 0 Å². The van der Waals surface area contributed by atoms with Crippen LogP contribution in [0.1, 0.15) is 0 Å². The molecular formula is C11H14N4O2. The molecule has 0 saturated heterocycles. The summed E-state index contributed by atoms with van der Waals surface area (Å²) in [5.41, 5.74) is 1.33. The molecule has 2 heterocycles. The van der Waals surface area contributed by atoms with Crippen molar-refractivity contribution in [2.45, 2.75) is 6.10 Å². The quantitative estimate of drug-likeness (QED) is 0.781. The number of hydrogen-bond acceptors (Lipinski definition) is 6. The summed E-state index contributed by atoms with van der Waals surface area (Å²) >= 11 is 0. The lowest BCUT2D eigenvalue weighted by Crippen LogP contribution is -2.24. The molecule has 0 bridgehead atoms. The summed E-state index contributed by atoms with van der Waals surface area (Å²) in [6, 6.07) is 3.64. The van der Waals surface area contributed by atoms with Gasteiger partial charge < -0.3 is 15.2 Å². The maximum Gasteiger partial charge on any atom is 0.180 e. The van der Waals surface area contributed by atoms with Gasteiger partial charge in [-0.15, -0.1) is 0 Å². The first-order chi connectivity index (χ1) is 8.29. The predicted molar refractivity (Wildman–Crippen MR) is 63.7 cm³/mol. The van der Waals surface area contributed by atoms with Crippen LogP contribution in [0.25, 0.3) is 11.2 Å². The van der Waals surface area contributed by atoms with Gasteiger partial charge in [-0.25, -0.2) is 9.97 Å². The van der Waals surface area contributed by atoms with E-state index in [4.69, 9.17) is 4.74 Å². The standard InChI is InChI=1S/C11H14N4O2/c1-17-7-8(16)6-14-10-3-2-9-11(15-10)13-5-4-12-9/h2-5,8,16H,6-7H2,1H3,(H,13,14,15). The minimum absolute atomic E-state index is 0.292. The fourth-order valence-electron chi connectivity index (χ4n) is 1.43. The molecule has 0 aromatic carbocycles. The van der Waals surface area contributed by atoms with E-state index < -0.39 is 6.10 Å². The lowest BCUT2D eigenvalue weighted by molar-refractivity contribution is 0.0727. The molecule has 2 aromatic rings. The van der Waals surface area contributed by atoms with Crippen molar-refractivity contribution < 1.29 is 9.84 Å². The van der Waals surface area contributed by atoms with Crippen LogP contribution in [-0.4, -0.2) is 46.4 Å². The Hall–Kier alpha value is -1.79. The Bertz CT molecular complexity index is 492. The number of pyridine rings is 1. The van der Waals surface area contributed by atoms with Crippen LogP contribution < -0.4 is 5.32 Å². The zero-order valence-corrected chi connectivity index (χ0v) is 9.50. The first-order valence-electron chi connectivity index (χ1n) is 5.28. The van der Waals surface area contributed by atoms with Crippen LogP contribution in [0.2, 0.25) is 0 Å². The molecule has 2 rings (SSSR count). The number of aliphatic hydroxyl groups excluding tert-OH is 1. The van der Waals surface area contributed by atoms with Crippen LogP contribution in [0.15, 0.2) is 24.5 Å². The zero-order valence-electron chi connectivity index (χ0n) is 9.50. The first-order valence-corrected chi connectivity index (χ1v) is 5.28. The number of nitrogens with one attached hydrogen (secondary N) is 1. The van der Waals surface area contributed by atoms with Crippen LogP contribution in [0.3, 0.4) is 0 Å². The molecule has 90 valence electrons. The van der Waals surface area contributed by atoms with Crippen molar-refractivity contribution in [1.29, 1.82) is 0 Å². The third kappa shape index (κ3) is 3.08. The van der Waals surface area contributed by atoms with E-state index in [9.17, 15) is 5.11 Å². The molecule has 1 atom stereocenters. The molecule has 0 aliphatic carbocycles. The van der Waals surface area contributed by atoms with Crippen LogP contribution >= 0.6 is 0 Å². The summed E-state index contributed by atoms with van der Waals surface area (Å²) in [5, 5.41) is 12.5. The van der Waals surface area contributed by atoms with Gasteiger partial charge in [-0.1, -0.05) is 0 Å². The van der Waals surface area contributed by atoms with Gasteiger partial charge in [-0.2, -0.15) is 0 Å². The lowest BCUT2D eigenvalue weighted by atomic mass is 10.3. The van der Waals surface area contributed by atoms with Crippen molar-refractivity contribution in [2.75, 3.05) is 25.6 Å². The minimum Gasteiger partial charge on any atom is -0.389 e. The molecule has 17 heavy (non-hydrogen) atoms. The number of fused-ring (bicyclic) bond motifs is 1. The Morgan fingerprint density at radius 3 is 3.00 bits per heavy atom. The SMILES string of the molecule is COCC(O)CNc1ccc2nccnc2n1. The topological polar surface area (TPSA) is 80.2 Å². The number of methoxy groups -OCH3 is 1. The number of nitrogens with zero attached hydrogens (tertiary/aromatic N) is 3. The minimum atomic E-state index is -0.556. The number of aliphatic hydroxyl groups is 1. The molecule has 0 amide bonds. The molecule has 0 radical (unpaired) electrons. The molecule has 2 aromatic heterocycles. The van der Waals surface area contributed by atoms with Gasteiger partial charge in [0.1, 0.15) is 11.3 Å². The van der Waals surface area contributed by atoms with Crippen molar-refractivity contribution in [3.8, 4) is 0 Å². The Balaban J connectivity index is 2.04. The average Bonchev–Trinajstić information content (AvgIpc) is 2.36. The molecule has 0 spiro atoms. The van der Waals surface area contributed by atoms with Crippen molar-refractivity contribution in [3.63, 3.8) is 0 Å². The van der Waals surface area contributed by atoms with Gasteiger partial charge in [0, 0.05) is 26.0 Å². The van der Waals surface area contributed by atoms with E-state index in [1.165, 1.54) is 0 Å². The summed E-state index contributed by atoms with van der Waals surface area (Å²) in [6.45, 7) is 0.674. The Morgan fingerprint density at radius 2 is 2.18 bits per heavy atom.